The first-order valence-electron chi connectivity index (χ1n) is 3.19. The molecular formula is C7H12O. The molecule has 0 unspecified atom stereocenters. The van der Waals surface area contributed by atoms with Crippen molar-refractivity contribution in [3.8, 4) is 0 Å². The monoisotopic (exact) mass is 112 g/mol. The van der Waals surface area contributed by atoms with Crippen LogP contribution in [0, 0.1) is 5.92 Å². The van der Waals surface area contributed by atoms with Gasteiger partial charge in [0.2, 0.25) is 0 Å². The third-order valence-corrected chi connectivity index (χ3v) is 1.73. The van der Waals surface area contributed by atoms with Gasteiger partial charge in [-0.1, -0.05) is 19.1 Å². The van der Waals surface area contributed by atoms with Gasteiger partial charge >= 0.3 is 0 Å². The highest BCUT2D eigenvalue weighted by molar-refractivity contribution is 5.00. The fraction of sp³-hybridized carbons (Fsp3) is 0.714. The first kappa shape index (κ1) is 5.83. The Bertz CT molecular complexity index is 96.6. The van der Waals surface area contributed by atoms with Gasteiger partial charge in [0.25, 0.3) is 0 Å². The molecule has 0 aliphatic heterocycles. The number of hydrogen-bond donors (Lipinski definition) is 1. The molecule has 0 heterocycles. The smallest absolute Gasteiger partial charge is 0.0637 e. The number of hydrogen-bond acceptors (Lipinski definition) is 1. The number of rotatable bonds is 1. The van der Waals surface area contributed by atoms with Gasteiger partial charge in [-0.3, -0.25) is 0 Å². The van der Waals surface area contributed by atoms with Crippen molar-refractivity contribution < 1.29 is 5.11 Å². The molecule has 1 N–H and O–H groups in total. The maximum Gasteiger partial charge on any atom is 0.0637 e. The minimum Gasteiger partial charge on any atom is -0.392 e. The van der Waals surface area contributed by atoms with E-state index in [1.807, 2.05) is 0 Å². The van der Waals surface area contributed by atoms with E-state index < -0.39 is 0 Å². The number of aliphatic hydroxyl groups is 1. The van der Waals surface area contributed by atoms with Crippen molar-refractivity contribution in [1.82, 2.24) is 0 Å². The van der Waals surface area contributed by atoms with Crippen LogP contribution in [0.2, 0.25) is 0 Å². The predicted molar refractivity (Wildman–Crippen MR) is 33.5 cm³/mol. The quantitative estimate of drug-likeness (QED) is 0.507. The molecule has 8 heavy (non-hydrogen) atoms. The summed E-state index contributed by atoms with van der Waals surface area (Å²) in [6.45, 7) is 2.10. The Hall–Kier alpha value is -0.300. The van der Waals surface area contributed by atoms with Crippen molar-refractivity contribution >= 4 is 0 Å². The van der Waals surface area contributed by atoms with E-state index in [1.165, 1.54) is 0 Å². The summed E-state index contributed by atoms with van der Waals surface area (Å²) >= 11 is 0. The van der Waals surface area contributed by atoms with Crippen LogP contribution in [0.4, 0.5) is 0 Å². The van der Waals surface area contributed by atoms with E-state index in [1.54, 1.807) is 0 Å². The fourth-order valence-electron chi connectivity index (χ4n) is 1.10. The second-order valence-electron chi connectivity index (χ2n) is 2.30. The highest BCUT2D eigenvalue weighted by atomic mass is 16.3. The van der Waals surface area contributed by atoms with Crippen LogP contribution < -0.4 is 0 Å². The zero-order chi connectivity index (χ0) is 5.98. The van der Waals surface area contributed by atoms with Gasteiger partial charge in [-0.2, -0.15) is 0 Å². The molecule has 0 fully saturated rings. The van der Waals surface area contributed by atoms with Crippen LogP contribution in [0.1, 0.15) is 19.8 Å². The molecule has 1 rings (SSSR count). The van der Waals surface area contributed by atoms with E-state index in [2.05, 4.69) is 19.1 Å². The normalized spacial score (nSPS) is 36.2. The Morgan fingerprint density at radius 2 is 2.50 bits per heavy atom. The minimum atomic E-state index is -0.0833. The molecule has 0 saturated carbocycles. The van der Waals surface area contributed by atoms with Crippen molar-refractivity contribution in [2.24, 2.45) is 5.92 Å². The minimum absolute atomic E-state index is 0.0833. The second kappa shape index (κ2) is 2.31. The first-order chi connectivity index (χ1) is 3.84. The third-order valence-electron chi connectivity index (χ3n) is 1.73. The molecule has 1 heteroatoms. The highest BCUT2D eigenvalue weighted by Crippen LogP contribution is 2.20. The lowest BCUT2D eigenvalue weighted by atomic mass is 10.0. The highest BCUT2D eigenvalue weighted by Gasteiger charge is 2.16. The predicted octanol–water partition coefficient (Wildman–Crippen LogP) is 1.33. The van der Waals surface area contributed by atoms with Crippen LogP contribution in [0.25, 0.3) is 0 Å². The van der Waals surface area contributed by atoms with Gasteiger partial charge in [-0.15, -0.1) is 0 Å². The van der Waals surface area contributed by atoms with Gasteiger partial charge in [0.1, 0.15) is 0 Å². The van der Waals surface area contributed by atoms with Crippen molar-refractivity contribution in [1.29, 1.82) is 0 Å². The third kappa shape index (κ3) is 0.920. The Kier molecular flexibility index (Phi) is 1.69. The summed E-state index contributed by atoms with van der Waals surface area (Å²) < 4.78 is 0. The maximum absolute atomic E-state index is 9.13. The summed E-state index contributed by atoms with van der Waals surface area (Å²) in [6.07, 6.45) is 6.00. The molecule has 0 radical (unpaired) electrons. The Morgan fingerprint density at radius 3 is 2.75 bits per heavy atom. The Balaban J connectivity index is 2.41. The molecule has 0 spiro atoms. The summed E-state index contributed by atoms with van der Waals surface area (Å²) in [5.41, 5.74) is 0. The second-order valence-corrected chi connectivity index (χ2v) is 2.30. The lowest BCUT2D eigenvalue weighted by molar-refractivity contribution is 0.141. The molecule has 0 aromatic heterocycles. The zero-order valence-electron chi connectivity index (χ0n) is 5.17. The summed E-state index contributed by atoms with van der Waals surface area (Å²) in [5.74, 6) is 0.440. The average molecular weight is 112 g/mol. The lowest BCUT2D eigenvalue weighted by Gasteiger charge is -2.08. The molecule has 0 aromatic carbocycles. The summed E-state index contributed by atoms with van der Waals surface area (Å²) in [7, 11) is 0. The molecule has 0 aromatic rings. The van der Waals surface area contributed by atoms with Crippen molar-refractivity contribution in [2.75, 3.05) is 0 Å². The van der Waals surface area contributed by atoms with E-state index in [4.69, 9.17) is 5.11 Å². The molecule has 0 saturated heterocycles. The molecular weight excluding hydrogens is 100 g/mol. The molecule has 1 nitrogen and oxygen atoms in total. The molecule has 1 aliphatic carbocycles. The van der Waals surface area contributed by atoms with Crippen LogP contribution in [-0.2, 0) is 0 Å². The van der Waals surface area contributed by atoms with E-state index in [9.17, 15) is 0 Å². The van der Waals surface area contributed by atoms with Gasteiger partial charge in [0.15, 0.2) is 0 Å². The molecule has 46 valence electrons. The van der Waals surface area contributed by atoms with Crippen LogP contribution in [0.15, 0.2) is 12.2 Å². The summed E-state index contributed by atoms with van der Waals surface area (Å²) in [6, 6.07) is 0. The summed E-state index contributed by atoms with van der Waals surface area (Å²) in [5, 5.41) is 9.13. The molecule has 1 aliphatic rings. The largest absolute Gasteiger partial charge is 0.392 e. The van der Waals surface area contributed by atoms with Gasteiger partial charge in [0, 0.05) is 5.92 Å². The number of aliphatic hydroxyl groups excluding tert-OH is 1. The van der Waals surface area contributed by atoms with Crippen LogP contribution >= 0.6 is 0 Å². The van der Waals surface area contributed by atoms with Crippen LogP contribution in [0.5, 0.6) is 0 Å². The first-order valence-corrected chi connectivity index (χ1v) is 3.19. The average Bonchev–Trinajstić information content (AvgIpc) is 2.14. The lowest BCUT2D eigenvalue weighted by Crippen LogP contribution is -2.11. The summed E-state index contributed by atoms with van der Waals surface area (Å²) in [4.78, 5) is 0. The molecule has 2 atom stereocenters. The SMILES string of the molecule is CC[C@H]1C=CC[C@@H]1O. The van der Waals surface area contributed by atoms with Gasteiger partial charge in [0.05, 0.1) is 6.10 Å². The maximum atomic E-state index is 9.13. The van der Waals surface area contributed by atoms with Gasteiger partial charge < -0.3 is 5.11 Å². The van der Waals surface area contributed by atoms with Gasteiger partial charge in [-0.05, 0) is 12.8 Å². The molecule has 0 bridgehead atoms. The van der Waals surface area contributed by atoms with Crippen LogP contribution in [0.3, 0.4) is 0 Å². The van der Waals surface area contributed by atoms with E-state index >= 15 is 0 Å². The van der Waals surface area contributed by atoms with Crippen LogP contribution in [-0.4, -0.2) is 11.2 Å². The fourth-order valence-corrected chi connectivity index (χ4v) is 1.10. The zero-order valence-corrected chi connectivity index (χ0v) is 5.17. The van der Waals surface area contributed by atoms with E-state index in [0.717, 1.165) is 12.8 Å². The van der Waals surface area contributed by atoms with Crippen molar-refractivity contribution in [3.63, 3.8) is 0 Å². The molecule has 0 amide bonds. The Morgan fingerprint density at radius 1 is 1.75 bits per heavy atom. The van der Waals surface area contributed by atoms with E-state index in [-0.39, 0.29) is 6.10 Å². The van der Waals surface area contributed by atoms with E-state index in [0.29, 0.717) is 5.92 Å². The van der Waals surface area contributed by atoms with Crippen molar-refractivity contribution in [2.45, 2.75) is 25.9 Å². The van der Waals surface area contributed by atoms with Gasteiger partial charge in [-0.25, -0.2) is 0 Å². The van der Waals surface area contributed by atoms with Crippen molar-refractivity contribution in [3.05, 3.63) is 12.2 Å². The topological polar surface area (TPSA) is 20.2 Å². The standard InChI is InChI=1S/C7H12O/c1-2-6-4-3-5-7(6)8/h3-4,6-8H,2,5H2,1H3/t6-,7-/m0/s1. The Labute approximate surface area is 50.0 Å².